The number of ether oxygens (including phenoxy) is 2. The third-order valence-corrected chi connectivity index (χ3v) is 6.71. The number of fused-ring (bicyclic) bond motifs is 1. The van der Waals surface area contributed by atoms with E-state index in [2.05, 4.69) is 34.9 Å². The van der Waals surface area contributed by atoms with Gasteiger partial charge in [0, 0.05) is 38.8 Å². The fourth-order valence-corrected chi connectivity index (χ4v) is 4.87. The zero-order valence-corrected chi connectivity index (χ0v) is 19.4. The molecule has 2 aliphatic rings. The Morgan fingerprint density at radius 2 is 1.84 bits per heavy atom. The smallest absolute Gasteiger partial charge is 0.161 e. The summed E-state index contributed by atoms with van der Waals surface area (Å²) in [5.41, 5.74) is 3.22. The molecular weight excluding hydrogens is 398 g/mol. The van der Waals surface area contributed by atoms with Crippen molar-refractivity contribution in [3.63, 3.8) is 0 Å². The molecule has 0 spiro atoms. The maximum Gasteiger partial charge on any atom is 0.161 e. The Balaban J connectivity index is 1.36. The average molecular weight is 434 g/mol. The highest BCUT2D eigenvalue weighted by molar-refractivity contribution is 5.41. The van der Waals surface area contributed by atoms with Gasteiger partial charge in [-0.15, -0.1) is 0 Å². The average Bonchev–Trinajstić information content (AvgIpc) is 2.82. The topological polar surface area (TPSA) is 48.7 Å². The minimum atomic E-state index is 0.0815. The van der Waals surface area contributed by atoms with Gasteiger partial charge in [-0.25, -0.2) is 0 Å². The van der Waals surface area contributed by atoms with E-state index >= 15 is 0 Å². The van der Waals surface area contributed by atoms with Crippen molar-refractivity contribution >= 4 is 0 Å². The maximum absolute atomic E-state index is 9.30. The number of piperazine rings is 1. The molecule has 32 heavy (non-hydrogen) atoms. The lowest BCUT2D eigenvalue weighted by molar-refractivity contribution is 0.0306. The van der Waals surface area contributed by atoms with E-state index in [1.807, 2.05) is 37.3 Å². The van der Waals surface area contributed by atoms with Gasteiger partial charge in [0.25, 0.3) is 0 Å². The predicted molar refractivity (Wildman–Crippen MR) is 127 cm³/mol. The molecule has 2 heterocycles. The summed E-state index contributed by atoms with van der Waals surface area (Å²) in [5, 5.41) is 9.30. The van der Waals surface area contributed by atoms with Gasteiger partial charge >= 0.3 is 0 Å². The van der Waals surface area contributed by atoms with Crippen LogP contribution in [0.2, 0.25) is 0 Å². The van der Waals surface area contributed by atoms with Crippen LogP contribution in [0, 0.1) is 18.3 Å². The van der Waals surface area contributed by atoms with Gasteiger partial charge in [-0.3, -0.25) is 9.80 Å². The van der Waals surface area contributed by atoms with Gasteiger partial charge in [0.1, 0.15) is 12.7 Å². The van der Waals surface area contributed by atoms with Crippen molar-refractivity contribution in [2.75, 3.05) is 39.3 Å². The zero-order valence-electron chi connectivity index (χ0n) is 19.4. The summed E-state index contributed by atoms with van der Waals surface area (Å²) >= 11 is 0. The number of nitrogens with zero attached hydrogens (tertiary/aromatic N) is 3. The van der Waals surface area contributed by atoms with Crippen LogP contribution >= 0.6 is 0 Å². The van der Waals surface area contributed by atoms with Crippen molar-refractivity contribution in [2.45, 2.75) is 51.7 Å². The molecule has 0 bridgehead atoms. The van der Waals surface area contributed by atoms with Crippen LogP contribution in [0.15, 0.2) is 42.5 Å². The molecule has 2 aliphatic heterocycles. The second kappa shape index (κ2) is 10.8. The first-order valence-corrected chi connectivity index (χ1v) is 12.0. The highest BCUT2D eigenvalue weighted by atomic mass is 16.6. The lowest BCUT2D eigenvalue weighted by atomic mass is 9.95. The molecule has 4 rings (SSSR count). The second-order valence-corrected chi connectivity index (χ2v) is 9.03. The van der Waals surface area contributed by atoms with Crippen molar-refractivity contribution in [2.24, 2.45) is 0 Å². The molecule has 0 N–H and O–H groups in total. The Morgan fingerprint density at radius 3 is 2.56 bits per heavy atom. The zero-order chi connectivity index (χ0) is 22.3. The fourth-order valence-electron chi connectivity index (χ4n) is 4.87. The molecule has 2 unspecified atom stereocenters. The van der Waals surface area contributed by atoms with E-state index in [-0.39, 0.29) is 6.10 Å². The first-order chi connectivity index (χ1) is 15.7. The van der Waals surface area contributed by atoms with Gasteiger partial charge in [-0.1, -0.05) is 50.5 Å². The molecule has 0 amide bonds. The van der Waals surface area contributed by atoms with Crippen LogP contribution in [-0.2, 0) is 0 Å². The van der Waals surface area contributed by atoms with Gasteiger partial charge in [0.2, 0.25) is 0 Å². The van der Waals surface area contributed by atoms with Crippen LogP contribution in [0.3, 0.4) is 0 Å². The highest BCUT2D eigenvalue weighted by Crippen LogP contribution is 2.32. The molecule has 0 radical (unpaired) electrons. The number of rotatable bonds is 8. The number of hydrogen-bond acceptors (Lipinski definition) is 5. The van der Waals surface area contributed by atoms with Crippen LogP contribution in [0.4, 0.5) is 0 Å². The Morgan fingerprint density at radius 1 is 1.06 bits per heavy atom. The van der Waals surface area contributed by atoms with Crippen molar-refractivity contribution in [1.29, 1.82) is 5.26 Å². The van der Waals surface area contributed by atoms with Gasteiger partial charge in [-0.05, 0) is 42.7 Å². The number of unbranched alkanes of at least 4 members (excludes halogenated alkanes) is 2. The van der Waals surface area contributed by atoms with Crippen molar-refractivity contribution in [3.8, 4) is 17.6 Å². The van der Waals surface area contributed by atoms with E-state index in [4.69, 9.17) is 9.47 Å². The molecule has 5 nitrogen and oxygen atoms in total. The summed E-state index contributed by atoms with van der Waals surface area (Å²) in [6.45, 7) is 10.0. The van der Waals surface area contributed by atoms with Crippen LogP contribution in [0.5, 0.6) is 11.5 Å². The molecule has 0 saturated carbocycles. The molecule has 2 atom stereocenters. The molecule has 5 heteroatoms. The van der Waals surface area contributed by atoms with Crippen LogP contribution in [0.25, 0.3) is 0 Å². The van der Waals surface area contributed by atoms with E-state index in [0.717, 1.165) is 55.3 Å². The molecule has 2 aromatic rings. The third kappa shape index (κ3) is 5.43. The Hall–Kier alpha value is -2.55. The monoisotopic (exact) mass is 433 g/mol. The molecule has 2 aromatic carbocycles. The van der Waals surface area contributed by atoms with Crippen LogP contribution < -0.4 is 9.47 Å². The van der Waals surface area contributed by atoms with Crippen molar-refractivity contribution < 1.29 is 9.47 Å². The quantitative estimate of drug-likeness (QED) is 0.552. The lowest BCUT2D eigenvalue weighted by Gasteiger charge is -2.41. The number of benzene rings is 2. The first kappa shape index (κ1) is 22.6. The summed E-state index contributed by atoms with van der Waals surface area (Å²) in [5.74, 6) is 1.70. The molecule has 1 saturated heterocycles. The van der Waals surface area contributed by atoms with E-state index in [0.29, 0.717) is 12.6 Å². The molecule has 1 fully saturated rings. The highest BCUT2D eigenvalue weighted by Gasteiger charge is 2.28. The van der Waals surface area contributed by atoms with Crippen molar-refractivity contribution in [1.82, 2.24) is 9.80 Å². The summed E-state index contributed by atoms with van der Waals surface area (Å²) in [6, 6.07) is 17.0. The predicted octanol–water partition coefficient (Wildman–Crippen LogP) is 4.95. The van der Waals surface area contributed by atoms with Crippen LogP contribution in [0.1, 0.15) is 55.3 Å². The minimum Gasteiger partial charge on any atom is -0.486 e. The standard InChI is InChI=1S/C27H35N3O2/c1-3-4-5-8-25(22-11-12-23(18-28)21(2)17-22)30-15-13-29(14-16-30)19-24-20-31-26-9-6-7-10-27(26)32-24/h6-7,9-12,17,24-25H,3-5,8,13-16,19-20H2,1-2H3. The minimum absolute atomic E-state index is 0.0815. The third-order valence-electron chi connectivity index (χ3n) is 6.71. The van der Waals surface area contributed by atoms with E-state index in [1.54, 1.807) is 0 Å². The number of nitriles is 1. The summed E-state index contributed by atoms with van der Waals surface area (Å²) < 4.78 is 12.1. The largest absolute Gasteiger partial charge is 0.486 e. The lowest BCUT2D eigenvalue weighted by Crippen LogP contribution is -2.51. The van der Waals surface area contributed by atoms with E-state index in [1.165, 1.54) is 31.2 Å². The molecule has 170 valence electrons. The molecule has 0 aliphatic carbocycles. The SMILES string of the molecule is CCCCCC(c1ccc(C#N)c(C)c1)N1CCN(CC2COc3ccccc3O2)CC1. The number of aryl methyl sites for hydroxylation is 1. The van der Waals surface area contributed by atoms with Gasteiger partial charge in [0.05, 0.1) is 11.6 Å². The summed E-state index contributed by atoms with van der Waals surface area (Å²) in [7, 11) is 0. The van der Waals surface area contributed by atoms with Gasteiger partial charge in [-0.2, -0.15) is 5.26 Å². The van der Waals surface area contributed by atoms with E-state index < -0.39 is 0 Å². The first-order valence-electron chi connectivity index (χ1n) is 12.0. The number of para-hydroxylation sites is 2. The van der Waals surface area contributed by atoms with Crippen LogP contribution in [-0.4, -0.2) is 55.2 Å². The Labute approximate surface area is 192 Å². The molecular formula is C27H35N3O2. The Bertz CT molecular complexity index is 931. The number of hydrogen-bond donors (Lipinski definition) is 0. The van der Waals surface area contributed by atoms with Gasteiger partial charge < -0.3 is 9.47 Å². The molecule has 0 aromatic heterocycles. The fraction of sp³-hybridized carbons (Fsp3) is 0.519. The normalized spacial score (nSPS) is 20.0. The summed E-state index contributed by atoms with van der Waals surface area (Å²) in [4.78, 5) is 5.14. The van der Waals surface area contributed by atoms with Gasteiger partial charge in [0.15, 0.2) is 11.5 Å². The Kier molecular flexibility index (Phi) is 7.68. The summed E-state index contributed by atoms with van der Waals surface area (Å²) in [6.07, 6.45) is 5.01. The van der Waals surface area contributed by atoms with E-state index in [9.17, 15) is 5.26 Å². The van der Waals surface area contributed by atoms with Crippen molar-refractivity contribution in [3.05, 3.63) is 59.2 Å². The maximum atomic E-state index is 9.30. The second-order valence-electron chi connectivity index (χ2n) is 9.03.